The highest BCUT2D eigenvalue weighted by molar-refractivity contribution is 4.93. The second-order valence-electron chi connectivity index (χ2n) is 4.26. The van der Waals surface area contributed by atoms with E-state index in [0.29, 0.717) is 5.92 Å². The van der Waals surface area contributed by atoms with Crippen LogP contribution in [0.4, 0.5) is 0 Å². The van der Waals surface area contributed by atoms with Crippen molar-refractivity contribution in [3.63, 3.8) is 0 Å². The Morgan fingerprint density at radius 1 is 1.46 bits per heavy atom. The molecular formula is C11H19NO. The Balaban J connectivity index is 2.17. The van der Waals surface area contributed by atoms with E-state index in [1.54, 1.807) is 0 Å². The van der Waals surface area contributed by atoms with E-state index in [0.717, 1.165) is 32.3 Å². The van der Waals surface area contributed by atoms with Crippen molar-refractivity contribution in [3.05, 3.63) is 0 Å². The third-order valence-electron chi connectivity index (χ3n) is 2.65. The zero-order valence-electron chi connectivity index (χ0n) is 8.62. The van der Waals surface area contributed by atoms with Crippen LogP contribution in [0, 0.1) is 23.2 Å². The van der Waals surface area contributed by atoms with Gasteiger partial charge in [0.05, 0.1) is 18.1 Å². The minimum atomic E-state index is 0.159. The number of hydrogen-bond acceptors (Lipinski definition) is 2. The molecule has 0 amide bonds. The fourth-order valence-corrected chi connectivity index (χ4v) is 1.73. The van der Waals surface area contributed by atoms with Gasteiger partial charge in [-0.3, -0.25) is 0 Å². The van der Waals surface area contributed by atoms with Crippen LogP contribution in [0.3, 0.4) is 0 Å². The van der Waals surface area contributed by atoms with E-state index in [1.807, 2.05) is 0 Å². The van der Waals surface area contributed by atoms with Gasteiger partial charge in [0, 0.05) is 6.61 Å². The van der Waals surface area contributed by atoms with Gasteiger partial charge >= 0.3 is 0 Å². The molecule has 0 aromatic rings. The molecule has 13 heavy (non-hydrogen) atoms. The van der Waals surface area contributed by atoms with Crippen molar-refractivity contribution in [2.45, 2.75) is 45.6 Å². The highest BCUT2D eigenvalue weighted by Crippen LogP contribution is 2.27. The molecule has 2 nitrogen and oxygen atoms in total. The Morgan fingerprint density at radius 3 is 2.85 bits per heavy atom. The number of hydrogen-bond donors (Lipinski definition) is 0. The summed E-state index contributed by atoms with van der Waals surface area (Å²) in [7, 11) is 0. The SMILES string of the molecule is CC(C)CCOC1CCCC1C#N. The predicted molar refractivity (Wildman–Crippen MR) is 52.1 cm³/mol. The van der Waals surface area contributed by atoms with E-state index < -0.39 is 0 Å². The quantitative estimate of drug-likeness (QED) is 0.668. The molecule has 1 fully saturated rings. The molecule has 0 bridgehead atoms. The van der Waals surface area contributed by atoms with Crippen LogP contribution in [0.1, 0.15) is 39.5 Å². The molecule has 0 heterocycles. The molecular weight excluding hydrogens is 162 g/mol. The Labute approximate surface area is 80.9 Å². The Morgan fingerprint density at radius 2 is 2.23 bits per heavy atom. The van der Waals surface area contributed by atoms with Crippen LogP contribution >= 0.6 is 0 Å². The average molecular weight is 181 g/mol. The van der Waals surface area contributed by atoms with Gasteiger partial charge in [-0.1, -0.05) is 13.8 Å². The van der Waals surface area contributed by atoms with Gasteiger partial charge in [0.15, 0.2) is 0 Å². The van der Waals surface area contributed by atoms with E-state index in [4.69, 9.17) is 10.00 Å². The van der Waals surface area contributed by atoms with Crippen LogP contribution in [0.15, 0.2) is 0 Å². The summed E-state index contributed by atoms with van der Waals surface area (Å²) in [4.78, 5) is 0. The van der Waals surface area contributed by atoms with Gasteiger partial charge in [-0.05, 0) is 31.6 Å². The number of nitrogens with zero attached hydrogens (tertiary/aromatic N) is 1. The Kier molecular flexibility index (Phi) is 4.24. The first-order valence-electron chi connectivity index (χ1n) is 5.25. The number of rotatable bonds is 4. The smallest absolute Gasteiger partial charge is 0.0733 e. The molecule has 2 atom stereocenters. The van der Waals surface area contributed by atoms with E-state index in [2.05, 4.69) is 19.9 Å². The molecule has 1 saturated carbocycles. The van der Waals surface area contributed by atoms with Gasteiger partial charge in [0.25, 0.3) is 0 Å². The summed E-state index contributed by atoms with van der Waals surface area (Å²) < 4.78 is 5.69. The molecule has 74 valence electrons. The first-order valence-corrected chi connectivity index (χ1v) is 5.25. The van der Waals surface area contributed by atoms with Gasteiger partial charge in [0.2, 0.25) is 0 Å². The molecule has 2 unspecified atom stereocenters. The van der Waals surface area contributed by atoms with Crippen molar-refractivity contribution in [1.82, 2.24) is 0 Å². The summed E-state index contributed by atoms with van der Waals surface area (Å²) in [5.41, 5.74) is 0. The maximum Gasteiger partial charge on any atom is 0.0733 e. The molecule has 0 saturated heterocycles. The van der Waals surface area contributed by atoms with Crippen molar-refractivity contribution < 1.29 is 4.74 Å². The topological polar surface area (TPSA) is 33.0 Å². The highest BCUT2D eigenvalue weighted by atomic mass is 16.5. The summed E-state index contributed by atoms with van der Waals surface area (Å²) in [5.74, 6) is 0.856. The first-order chi connectivity index (χ1) is 6.24. The average Bonchev–Trinajstić information content (AvgIpc) is 2.51. The van der Waals surface area contributed by atoms with Crippen molar-refractivity contribution in [3.8, 4) is 6.07 Å². The van der Waals surface area contributed by atoms with E-state index in [-0.39, 0.29) is 12.0 Å². The largest absolute Gasteiger partial charge is 0.377 e. The standard InChI is InChI=1S/C11H19NO/c1-9(2)6-7-13-11-5-3-4-10(11)8-12/h9-11H,3-7H2,1-2H3. The van der Waals surface area contributed by atoms with E-state index >= 15 is 0 Å². The number of ether oxygens (including phenoxy) is 1. The van der Waals surface area contributed by atoms with Gasteiger partial charge < -0.3 is 4.74 Å². The van der Waals surface area contributed by atoms with Crippen LogP contribution in [0.2, 0.25) is 0 Å². The monoisotopic (exact) mass is 181 g/mol. The lowest BCUT2D eigenvalue weighted by atomic mass is 10.1. The fraction of sp³-hybridized carbons (Fsp3) is 0.909. The lowest BCUT2D eigenvalue weighted by Gasteiger charge is -2.15. The van der Waals surface area contributed by atoms with Gasteiger partial charge in [0.1, 0.15) is 0 Å². The summed E-state index contributed by atoms with van der Waals surface area (Å²) in [6.07, 6.45) is 4.60. The van der Waals surface area contributed by atoms with Crippen LogP contribution in [-0.2, 0) is 4.74 Å². The zero-order chi connectivity index (χ0) is 9.68. The number of nitriles is 1. The Bertz CT molecular complexity index is 183. The molecule has 1 aliphatic rings. The van der Waals surface area contributed by atoms with Crippen molar-refractivity contribution in [1.29, 1.82) is 5.26 Å². The Hall–Kier alpha value is -0.550. The maximum absolute atomic E-state index is 8.81. The highest BCUT2D eigenvalue weighted by Gasteiger charge is 2.27. The normalized spacial score (nSPS) is 27.8. The van der Waals surface area contributed by atoms with Crippen LogP contribution in [0.5, 0.6) is 0 Å². The van der Waals surface area contributed by atoms with Crippen molar-refractivity contribution >= 4 is 0 Å². The summed E-state index contributed by atoms with van der Waals surface area (Å²) in [6.45, 7) is 5.21. The maximum atomic E-state index is 8.81. The molecule has 1 rings (SSSR count). The second-order valence-corrected chi connectivity index (χ2v) is 4.26. The van der Waals surface area contributed by atoms with Crippen LogP contribution < -0.4 is 0 Å². The van der Waals surface area contributed by atoms with E-state index in [9.17, 15) is 0 Å². The minimum absolute atomic E-state index is 0.159. The molecule has 0 N–H and O–H groups in total. The van der Waals surface area contributed by atoms with E-state index in [1.165, 1.54) is 0 Å². The molecule has 0 radical (unpaired) electrons. The third-order valence-corrected chi connectivity index (χ3v) is 2.65. The molecule has 0 spiro atoms. The second kappa shape index (κ2) is 5.24. The van der Waals surface area contributed by atoms with Crippen LogP contribution in [-0.4, -0.2) is 12.7 Å². The molecule has 0 aliphatic heterocycles. The molecule has 2 heteroatoms. The van der Waals surface area contributed by atoms with Gasteiger partial charge in [-0.2, -0.15) is 5.26 Å². The summed E-state index contributed by atoms with van der Waals surface area (Å²) in [5, 5.41) is 8.81. The lowest BCUT2D eigenvalue weighted by molar-refractivity contribution is 0.0352. The summed E-state index contributed by atoms with van der Waals surface area (Å²) in [6, 6.07) is 2.33. The third kappa shape index (κ3) is 3.36. The fourth-order valence-electron chi connectivity index (χ4n) is 1.73. The molecule has 0 aromatic carbocycles. The molecule has 1 aliphatic carbocycles. The van der Waals surface area contributed by atoms with Gasteiger partial charge in [-0.15, -0.1) is 0 Å². The lowest BCUT2D eigenvalue weighted by Crippen LogP contribution is -2.18. The van der Waals surface area contributed by atoms with Crippen LogP contribution in [0.25, 0.3) is 0 Å². The summed E-state index contributed by atoms with van der Waals surface area (Å²) >= 11 is 0. The predicted octanol–water partition coefficient (Wildman–Crippen LogP) is 2.74. The first kappa shape index (κ1) is 10.5. The van der Waals surface area contributed by atoms with Crippen molar-refractivity contribution in [2.75, 3.05) is 6.61 Å². The molecule has 0 aromatic heterocycles. The van der Waals surface area contributed by atoms with Crippen molar-refractivity contribution in [2.24, 2.45) is 11.8 Å². The minimum Gasteiger partial charge on any atom is -0.377 e. The van der Waals surface area contributed by atoms with Gasteiger partial charge in [-0.25, -0.2) is 0 Å². The zero-order valence-corrected chi connectivity index (χ0v) is 8.62.